The molecule has 0 aliphatic rings. The number of pyridine rings is 1. The third-order valence-corrected chi connectivity index (χ3v) is 2.18. The summed E-state index contributed by atoms with van der Waals surface area (Å²) in [6.07, 6.45) is -3.95. The van der Waals surface area contributed by atoms with Gasteiger partial charge in [-0.05, 0) is 13.0 Å². The molecule has 0 aromatic carbocycles. The van der Waals surface area contributed by atoms with Gasteiger partial charge < -0.3 is 10.4 Å². The van der Waals surface area contributed by atoms with E-state index >= 15 is 0 Å². The van der Waals surface area contributed by atoms with Gasteiger partial charge in [-0.1, -0.05) is 11.6 Å². The number of carboxylic acids is 1. The van der Waals surface area contributed by atoms with Gasteiger partial charge in [0.05, 0.1) is 10.6 Å². The first-order valence-electron chi connectivity index (χ1n) is 4.44. The molecule has 0 amide bonds. The van der Waals surface area contributed by atoms with Crippen molar-refractivity contribution in [3.63, 3.8) is 0 Å². The summed E-state index contributed by atoms with van der Waals surface area (Å²) >= 11 is 5.57. The van der Waals surface area contributed by atoms with Crippen LogP contribution in [0.2, 0.25) is 5.02 Å². The van der Waals surface area contributed by atoms with Crippen LogP contribution in [0.3, 0.4) is 0 Å². The Hall–Kier alpha value is -1.50. The third-order valence-electron chi connectivity index (χ3n) is 1.89. The smallest absolute Gasteiger partial charge is 0.417 e. The number of halogens is 4. The van der Waals surface area contributed by atoms with Crippen LogP contribution in [0, 0.1) is 0 Å². The number of rotatable bonds is 3. The van der Waals surface area contributed by atoms with Crippen LogP contribution in [0.15, 0.2) is 12.3 Å². The van der Waals surface area contributed by atoms with Crippen LogP contribution >= 0.6 is 11.6 Å². The molecule has 0 fully saturated rings. The number of aliphatic carboxylic acids is 1. The Balaban J connectivity index is 2.95. The second-order valence-electron chi connectivity index (χ2n) is 3.26. The highest BCUT2D eigenvalue weighted by Gasteiger charge is 2.31. The van der Waals surface area contributed by atoms with Gasteiger partial charge in [0.25, 0.3) is 0 Å². The second kappa shape index (κ2) is 4.79. The summed E-state index contributed by atoms with van der Waals surface area (Å²) < 4.78 is 36.8. The van der Waals surface area contributed by atoms with E-state index in [-0.39, 0.29) is 10.8 Å². The molecule has 1 unspecified atom stereocenters. The summed E-state index contributed by atoms with van der Waals surface area (Å²) in [6.45, 7) is 1.32. The fourth-order valence-corrected chi connectivity index (χ4v) is 1.19. The molecule has 0 saturated carbocycles. The molecule has 94 valence electrons. The van der Waals surface area contributed by atoms with Gasteiger partial charge >= 0.3 is 12.1 Å². The number of aromatic nitrogens is 1. The van der Waals surface area contributed by atoms with E-state index in [0.717, 1.165) is 0 Å². The van der Waals surface area contributed by atoms with Crippen molar-refractivity contribution in [1.29, 1.82) is 0 Å². The summed E-state index contributed by atoms with van der Waals surface area (Å²) in [4.78, 5) is 14.0. The van der Waals surface area contributed by atoms with Gasteiger partial charge in [-0.25, -0.2) is 4.98 Å². The Kier molecular flexibility index (Phi) is 3.82. The fourth-order valence-electron chi connectivity index (χ4n) is 0.966. The summed E-state index contributed by atoms with van der Waals surface area (Å²) in [5.41, 5.74) is -0.990. The third kappa shape index (κ3) is 3.48. The van der Waals surface area contributed by atoms with E-state index in [1.165, 1.54) is 6.92 Å². The lowest BCUT2D eigenvalue weighted by molar-refractivity contribution is -0.138. The van der Waals surface area contributed by atoms with Crippen LogP contribution in [0.4, 0.5) is 19.0 Å². The van der Waals surface area contributed by atoms with Gasteiger partial charge in [0.2, 0.25) is 0 Å². The number of carbonyl (C=O) groups is 1. The second-order valence-corrected chi connectivity index (χ2v) is 3.66. The molecule has 1 heterocycles. The van der Waals surface area contributed by atoms with E-state index in [2.05, 4.69) is 10.3 Å². The normalized spacial score (nSPS) is 13.2. The molecule has 1 rings (SSSR count). The van der Waals surface area contributed by atoms with Crippen molar-refractivity contribution in [2.45, 2.75) is 19.1 Å². The largest absolute Gasteiger partial charge is 0.480 e. The van der Waals surface area contributed by atoms with Gasteiger partial charge in [-0.2, -0.15) is 13.2 Å². The average molecular weight is 269 g/mol. The molecule has 1 atom stereocenters. The number of alkyl halides is 3. The zero-order valence-corrected chi connectivity index (χ0v) is 9.30. The SMILES string of the molecule is CC(Nc1ncc(C(F)(F)F)cc1Cl)C(=O)O. The molecule has 0 bridgehead atoms. The highest BCUT2D eigenvalue weighted by Crippen LogP contribution is 2.32. The summed E-state index contributed by atoms with van der Waals surface area (Å²) in [6, 6.07) is -0.317. The number of anilines is 1. The Labute approximate surface area is 99.4 Å². The van der Waals surface area contributed by atoms with E-state index in [0.29, 0.717) is 12.3 Å². The van der Waals surface area contributed by atoms with Crippen molar-refractivity contribution in [2.24, 2.45) is 0 Å². The van der Waals surface area contributed by atoms with E-state index < -0.39 is 23.8 Å². The van der Waals surface area contributed by atoms with Crippen LogP contribution < -0.4 is 5.32 Å². The van der Waals surface area contributed by atoms with Crippen LogP contribution in [0.1, 0.15) is 12.5 Å². The molecule has 8 heteroatoms. The van der Waals surface area contributed by atoms with Crippen molar-refractivity contribution < 1.29 is 23.1 Å². The van der Waals surface area contributed by atoms with E-state index in [4.69, 9.17) is 16.7 Å². The molecule has 0 spiro atoms. The molecule has 17 heavy (non-hydrogen) atoms. The van der Waals surface area contributed by atoms with Crippen molar-refractivity contribution >= 4 is 23.4 Å². The molecule has 2 N–H and O–H groups in total. The number of hydrogen-bond acceptors (Lipinski definition) is 3. The molecule has 0 aliphatic carbocycles. The average Bonchev–Trinajstić information content (AvgIpc) is 2.19. The highest BCUT2D eigenvalue weighted by molar-refractivity contribution is 6.33. The first-order chi connectivity index (χ1) is 7.71. The minimum Gasteiger partial charge on any atom is -0.480 e. The Bertz CT molecular complexity index is 437. The Morgan fingerprint density at radius 1 is 1.59 bits per heavy atom. The van der Waals surface area contributed by atoms with E-state index in [1.807, 2.05) is 0 Å². The predicted molar refractivity (Wildman–Crippen MR) is 55.0 cm³/mol. The molecule has 1 aromatic heterocycles. The maximum absolute atomic E-state index is 12.3. The van der Waals surface area contributed by atoms with Gasteiger partial charge in [-0.15, -0.1) is 0 Å². The lowest BCUT2D eigenvalue weighted by Crippen LogP contribution is -2.26. The van der Waals surface area contributed by atoms with Crippen LogP contribution in [-0.2, 0) is 11.0 Å². The molecule has 0 radical (unpaired) electrons. The van der Waals surface area contributed by atoms with Gasteiger partial charge in [0.15, 0.2) is 0 Å². The lowest BCUT2D eigenvalue weighted by atomic mass is 10.2. The molecule has 1 aromatic rings. The molecule has 0 saturated heterocycles. The maximum Gasteiger partial charge on any atom is 0.417 e. The van der Waals surface area contributed by atoms with Crippen molar-refractivity contribution in [2.75, 3.05) is 5.32 Å². The molecular formula is C9H8ClF3N2O2. The van der Waals surface area contributed by atoms with Gasteiger partial charge in [-0.3, -0.25) is 4.79 Å². The molecule has 4 nitrogen and oxygen atoms in total. The van der Waals surface area contributed by atoms with E-state index in [9.17, 15) is 18.0 Å². The highest BCUT2D eigenvalue weighted by atomic mass is 35.5. The van der Waals surface area contributed by atoms with Crippen molar-refractivity contribution in [1.82, 2.24) is 4.98 Å². The first-order valence-corrected chi connectivity index (χ1v) is 4.81. The minimum atomic E-state index is -4.53. The van der Waals surface area contributed by atoms with Gasteiger partial charge in [0, 0.05) is 6.20 Å². The van der Waals surface area contributed by atoms with Crippen molar-refractivity contribution in [3.05, 3.63) is 22.8 Å². The zero-order chi connectivity index (χ0) is 13.2. The monoisotopic (exact) mass is 268 g/mol. The Morgan fingerprint density at radius 3 is 2.59 bits per heavy atom. The van der Waals surface area contributed by atoms with Crippen LogP contribution in [0.5, 0.6) is 0 Å². The number of hydrogen-bond donors (Lipinski definition) is 2. The predicted octanol–water partition coefficient (Wildman–Crippen LogP) is 2.64. The Morgan fingerprint density at radius 2 is 2.18 bits per heavy atom. The number of nitrogens with zero attached hydrogens (tertiary/aromatic N) is 1. The summed E-state index contributed by atoms with van der Waals surface area (Å²) in [5, 5.41) is 10.7. The topological polar surface area (TPSA) is 62.2 Å². The van der Waals surface area contributed by atoms with Crippen LogP contribution in [0.25, 0.3) is 0 Å². The van der Waals surface area contributed by atoms with Crippen molar-refractivity contribution in [3.8, 4) is 0 Å². The molecular weight excluding hydrogens is 261 g/mol. The summed E-state index contributed by atoms with van der Waals surface area (Å²) in [5.74, 6) is -1.27. The zero-order valence-electron chi connectivity index (χ0n) is 8.55. The van der Waals surface area contributed by atoms with E-state index in [1.54, 1.807) is 0 Å². The number of carboxylic acid groups (broad SMARTS) is 1. The first kappa shape index (κ1) is 13.6. The maximum atomic E-state index is 12.3. The fraction of sp³-hybridized carbons (Fsp3) is 0.333. The van der Waals surface area contributed by atoms with Crippen LogP contribution in [-0.4, -0.2) is 22.1 Å². The minimum absolute atomic E-state index is 0.102. The number of nitrogens with one attached hydrogen (secondary N) is 1. The quantitative estimate of drug-likeness (QED) is 0.885. The summed E-state index contributed by atoms with van der Waals surface area (Å²) in [7, 11) is 0. The lowest BCUT2D eigenvalue weighted by Gasteiger charge is -2.13. The van der Waals surface area contributed by atoms with Gasteiger partial charge in [0.1, 0.15) is 11.9 Å². The standard InChI is InChI=1S/C9H8ClF3N2O2/c1-4(8(16)17)15-7-6(10)2-5(3-14-7)9(11,12)13/h2-4H,1H3,(H,14,15)(H,16,17). The molecule has 0 aliphatic heterocycles.